The number of nitrogens with one attached hydrogen (secondary N) is 1. The van der Waals surface area contributed by atoms with Crippen molar-refractivity contribution in [3.8, 4) is 0 Å². The highest BCUT2D eigenvalue weighted by Gasteiger charge is 2.31. The molecule has 8 heteroatoms. The summed E-state index contributed by atoms with van der Waals surface area (Å²) < 4.78 is 1.60. The van der Waals surface area contributed by atoms with Crippen LogP contribution in [0.15, 0.2) is 10.9 Å². The maximum Gasteiger partial charge on any atom is 0.267 e. The van der Waals surface area contributed by atoms with Crippen molar-refractivity contribution in [2.45, 2.75) is 45.1 Å². The summed E-state index contributed by atoms with van der Waals surface area (Å²) in [6, 6.07) is 1.76. The maximum absolute atomic E-state index is 12.6. The van der Waals surface area contributed by atoms with Gasteiger partial charge in [-0.25, -0.2) is 4.68 Å². The van der Waals surface area contributed by atoms with Crippen molar-refractivity contribution in [3.63, 3.8) is 0 Å². The Kier molecular flexibility index (Phi) is 5.75. The second-order valence-corrected chi connectivity index (χ2v) is 8.09. The third-order valence-electron chi connectivity index (χ3n) is 6.18. The molecule has 2 saturated heterocycles. The summed E-state index contributed by atoms with van der Waals surface area (Å²) in [5.74, 6) is -0.0770. The zero-order valence-electron chi connectivity index (χ0n) is 16.4. The van der Waals surface area contributed by atoms with Crippen molar-refractivity contribution in [2.75, 3.05) is 39.3 Å². The van der Waals surface area contributed by atoms with Crippen LogP contribution < -0.4 is 10.9 Å². The number of nitrogens with zero attached hydrogens (tertiary/aromatic N) is 4. The van der Waals surface area contributed by atoms with Gasteiger partial charge in [-0.1, -0.05) is 0 Å². The molecule has 2 aliphatic heterocycles. The summed E-state index contributed by atoms with van der Waals surface area (Å²) in [5, 5.41) is 7.36. The number of piperidine rings is 1. The lowest BCUT2D eigenvalue weighted by molar-refractivity contribution is -0.141. The second kappa shape index (κ2) is 8.43. The van der Waals surface area contributed by atoms with Crippen molar-refractivity contribution in [3.05, 3.63) is 27.7 Å². The number of aromatic nitrogens is 2. The lowest BCUT2D eigenvalue weighted by atomic mass is 9.95. The third-order valence-corrected chi connectivity index (χ3v) is 6.18. The first-order valence-corrected chi connectivity index (χ1v) is 10.5. The number of carbonyl (C=O) groups excluding carboxylic acids is 2. The quantitative estimate of drug-likeness (QED) is 0.773. The van der Waals surface area contributed by atoms with E-state index >= 15 is 0 Å². The van der Waals surface area contributed by atoms with E-state index in [2.05, 4.69) is 15.3 Å². The van der Waals surface area contributed by atoms with Crippen LogP contribution in [0.1, 0.15) is 36.9 Å². The molecule has 2 fully saturated rings. The predicted molar refractivity (Wildman–Crippen MR) is 104 cm³/mol. The lowest BCUT2D eigenvalue weighted by Gasteiger charge is -2.37. The second-order valence-electron chi connectivity index (χ2n) is 8.09. The summed E-state index contributed by atoms with van der Waals surface area (Å²) in [5.41, 5.74) is 2.19. The van der Waals surface area contributed by atoms with Gasteiger partial charge in [-0.2, -0.15) is 5.10 Å². The highest BCUT2D eigenvalue weighted by atomic mass is 16.2. The van der Waals surface area contributed by atoms with Crippen LogP contribution in [0.25, 0.3) is 0 Å². The molecule has 1 aromatic rings. The molecule has 1 unspecified atom stereocenters. The summed E-state index contributed by atoms with van der Waals surface area (Å²) in [4.78, 5) is 40.6. The Hall–Kier alpha value is -2.22. The lowest BCUT2D eigenvalue weighted by Crippen LogP contribution is -2.52. The van der Waals surface area contributed by atoms with Crippen LogP contribution in [0.2, 0.25) is 0 Å². The van der Waals surface area contributed by atoms with E-state index in [9.17, 15) is 14.4 Å². The van der Waals surface area contributed by atoms with E-state index in [-0.39, 0.29) is 23.3 Å². The molecule has 1 atom stereocenters. The van der Waals surface area contributed by atoms with Gasteiger partial charge in [-0.15, -0.1) is 0 Å². The molecule has 152 valence electrons. The molecule has 1 aromatic heterocycles. The third kappa shape index (κ3) is 4.27. The van der Waals surface area contributed by atoms with E-state index in [0.717, 1.165) is 63.0 Å². The van der Waals surface area contributed by atoms with Crippen molar-refractivity contribution in [2.24, 2.45) is 5.92 Å². The number of rotatable bonds is 4. The van der Waals surface area contributed by atoms with E-state index in [0.29, 0.717) is 32.6 Å². The topological polar surface area (TPSA) is 87.5 Å². The van der Waals surface area contributed by atoms with E-state index in [1.807, 2.05) is 4.90 Å². The van der Waals surface area contributed by atoms with Gasteiger partial charge in [-0.05, 0) is 37.7 Å². The number of piperazine rings is 1. The Morgan fingerprint density at radius 1 is 1.11 bits per heavy atom. The standard InChI is InChI=1S/C20H29N5O3/c26-18-13-16(5-6-21-18)20(28)24-10-7-23(8-11-24)9-12-25-19(27)14-15-3-1-2-4-17(15)22-25/h14,16H,1-13H2,(H,21,26). The van der Waals surface area contributed by atoms with Gasteiger partial charge < -0.3 is 10.2 Å². The highest BCUT2D eigenvalue weighted by Crippen LogP contribution is 2.18. The van der Waals surface area contributed by atoms with E-state index in [4.69, 9.17) is 0 Å². The fourth-order valence-electron chi connectivity index (χ4n) is 4.44. The Morgan fingerprint density at radius 3 is 2.68 bits per heavy atom. The molecule has 0 spiro atoms. The van der Waals surface area contributed by atoms with Crippen LogP contribution in [0.3, 0.4) is 0 Å². The van der Waals surface area contributed by atoms with Crippen molar-refractivity contribution in [1.29, 1.82) is 0 Å². The van der Waals surface area contributed by atoms with E-state index in [1.165, 1.54) is 0 Å². The smallest absolute Gasteiger partial charge is 0.267 e. The molecular formula is C20H29N5O3. The van der Waals surface area contributed by atoms with Crippen LogP contribution in [0, 0.1) is 5.92 Å². The van der Waals surface area contributed by atoms with Gasteiger partial charge in [0.15, 0.2) is 0 Å². The molecule has 2 amide bonds. The predicted octanol–water partition coefficient (Wildman–Crippen LogP) is -0.207. The molecule has 3 heterocycles. The van der Waals surface area contributed by atoms with Gasteiger partial charge in [0.1, 0.15) is 0 Å². The highest BCUT2D eigenvalue weighted by molar-refractivity contribution is 5.87. The Balaban J connectivity index is 1.27. The SMILES string of the molecule is O=C1CC(C(=O)N2CCN(CCn3nc4c(cc3=O)CCCC4)CC2)CCN1. The molecular weight excluding hydrogens is 358 g/mol. The van der Waals surface area contributed by atoms with Gasteiger partial charge in [0, 0.05) is 57.7 Å². The molecule has 1 aliphatic carbocycles. The average Bonchev–Trinajstić information content (AvgIpc) is 2.72. The van der Waals surface area contributed by atoms with Crippen LogP contribution in [0.4, 0.5) is 0 Å². The monoisotopic (exact) mass is 387 g/mol. The molecule has 1 N–H and O–H groups in total. The molecule has 0 aromatic carbocycles. The van der Waals surface area contributed by atoms with E-state index in [1.54, 1.807) is 10.7 Å². The van der Waals surface area contributed by atoms with Gasteiger partial charge >= 0.3 is 0 Å². The minimum absolute atomic E-state index is 0.00922. The van der Waals surface area contributed by atoms with Crippen LogP contribution in [-0.4, -0.2) is 70.7 Å². The number of amides is 2. The maximum atomic E-state index is 12.6. The summed E-state index contributed by atoms with van der Waals surface area (Å²) in [6.45, 7) is 4.90. The minimum atomic E-state index is -0.168. The molecule has 0 radical (unpaired) electrons. The molecule has 3 aliphatic rings. The van der Waals surface area contributed by atoms with Gasteiger partial charge in [0.2, 0.25) is 11.8 Å². The zero-order valence-corrected chi connectivity index (χ0v) is 16.4. The van der Waals surface area contributed by atoms with Gasteiger partial charge in [0.05, 0.1) is 12.2 Å². The normalized spacial score (nSPS) is 23.2. The fourth-order valence-corrected chi connectivity index (χ4v) is 4.44. The number of fused-ring (bicyclic) bond motifs is 1. The Morgan fingerprint density at radius 2 is 1.89 bits per heavy atom. The van der Waals surface area contributed by atoms with E-state index < -0.39 is 0 Å². The summed E-state index contributed by atoms with van der Waals surface area (Å²) >= 11 is 0. The molecule has 8 nitrogen and oxygen atoms in total. The van der Waals surface area contributed by atoms with Gasteiger partial charge in [-0.3, -0.25) is 19.3 Å². The van der Waals surface area contributed by atoms with Gasteiger partial charge in [0.25, 0.3) is 5.56 Å². The largest absolute Gasteiger partial charge is 0.356 e. The molecule has 0 bridgehead atoms. The summed E-state index contributed by atoms with van der Waals surface area (Å²) in [6.07, 6.45) is 5.28. The number of carbonyl (C=O) groups is 2. The van der Waals surface area contributed by atoms with Crippen LogP contribution >= 0.6 is 0 Å². The molecule has 4 rings (SSSR count). The fraction of sp³-hybridized carbons (Fsp3) is 0.700. The van der Waals surface area contributed by atoms with Crippen molar-refractivity contribution in [1.82, 2.24) is 24.9 Å². The van der Waals surface area contributed by atoms with Crippen molar-refractivity contribution >= 4 is 11.8 Å². The molecule has 0 saturated carbocycles. The molecule has 28 heavy (non-hydrogen) atoms. The first-order valence-electron chi connectivity index (χ1n) is 10.5. The number of hydrogen-bond acceptors (Lipinski definition) is 5. The zero-order chi connectivity index (χ0) is 19.5. The number of hydrogen-bond donors (Lipinski definition) is 1. The van der Waals surface area contributed by atoms with Crippen LogP contribution in [0.5, 0.6) is 0 Å². The first-order chi connectivity index (χ1) is 13.6. The van der Waals surface area contributed by atoms with Crippen molar-refractivity contribution < 1.29 is 9.59 Å². The van der Waals surface area contributed by atoms with Crippen LogP contribution in [-0.2, 0) is 29.0 Å². The average molecular weight is 387 g/mol. The Labute approximate surface area is 164 Å². The summed E-state index contributed by atoms with van der Waals surface area (Å²) in [7, 11) is 0. The minimum Gasteiger partial charge on any atom is -0.356 e. The number of aryl methyl sites for hydroxylation is 2. The first kappa shape index (κ1) is 19.1. The Bertz CT molecular complexity index is 798.